The van der Waals surface area contributed by atoms with Crippen molar-refractivity contribution in [3.05, 3.63) is 55.5 Å². The quantitative estimate of drug-likeness (QED) is 0.516. The lowest BCUT2D eigenvalue weighted by Gasteiger charge is -2.06. The Labute approximate surface area is 156 Å². The van der Waals surface area contributed by atoms with E-state index in [1.807, 2.05) is 6.07 Å². The van der Waals surface area contributed by atoms with Crippen LogP contribution in [0.3, 0.4) is 0 Å². The molecule has 7 nitrogen and oxygen atoms in total. The molecule has 9 heteroatoms. The highest BCUT2D eigenvalue weighted by Gasteiger charge is 2.22. The molecule has 0 saturated carbocycles. The number of carbonyl (C=O) groups excluding carboxylic acids is 1. The van der Waals surface area contributed by atoms with Crippen LogP contribution >= 0.6 is 22.9 Å². The lowest BCUT2D eigenvalue weighted by Crippen LogP contribution is -2.12. The van der Waals surface area contributed by atoms with Crippen LogP contribution in [-0.4, -0.2) is 15.8 Å². The van der Waals surface area contributed by atoms with Gasteiger partial charge in [-0.25, -0.2) is 4.98 Å². The third-order valence-electron chi connectivity index (χ3n) is 4.36. The number of hydrogen-bond acceptors (Lipinski definition) is 6. The molecular formula is C17H13ClN4O3S. The van der Waals surface area contributed by atoms with Crippen molar-refractivity contribution in [3.63, 3.8) is 0 Å². The lowest BCUT2D eigenvalue weighted by atomic mass is 10.1. The number of carbonyl (C=O) groups is 1. The number of halogens is 1. The summed E-state index contributed by atoms with van der Waals surface area (Å²) in [4.78, 5) is 28.7. The van der Waals surface area contributed by atoms with Gasteiger partial charge in [0.1, 0.15) is 9.71 Å². The highest BCUT2D eigenvalue weighted by molar-refractivity contribution is 7.21. The number of hydrogen-bond donors (Lipinski definition) is 2. The summed E-state index contributed by atoms with van der Waals surface area (Å²) in [6.45, 7) is 0. The second kappa shape index (κ2) is 6.22. The minimum Gasteiger partial charge on any atom is -0.397 e. The molecule has 1 aromatic carbocycles. The molecule has 0 aliphatic heterocycles. The van der Waals surface area contributed by atoms with Gasteiger partial charge in [0.15, 0.2) is 0 Å². The van der Waals surface area contributed by atoms with Gasteiger partial charge in [0.25, 0.3) is 11.6 Å². The number of non-ortho nitro benzene ring substituents is 1. The van der Waals surface area contributed by atoms with Crippen LogP contribution in [0.5, 0.6) is 0 Å². The van der Waals surface area contributed by atoms with E-state index in [2.05, 4.69) is 10.3 Å². The zero-order valence-corrected chi connectivity index (χ0v) is 15.0. The second-order valence-corrected chi connectivity index (χ2v) is 7.43. The van der Waals surface area contributed by atoms with E-state index in [1.165, 1.54) is 35.1 Å². The fourth-order valence-corrected chi connectivity index (χ4v) is 4.22. The second-order valence-electron chi connectivity index (χ2n) is 6.02. The Morgan fingerprint density at radius 1 is 1.35 bits per heavy atom. The highest BCUT2D eigenvalue weighted by Crippen LogP contribution is 2.36. The molecule has 2 heterocycles. The lowest BCUT2D eigenvalue weighted by molar-refractivity contribution is -0.384. The summed E-state index contributed by atoms with van der Waals surface area (Å²) < 4.78 is 0. The number of amides is 1. The summed E-state index contributed by atoms with van der Waals surface area (Å²) in [6.07, 6.45) is 2.99. The van der Waals surface area contributed by atoms with Crippen molar-refractivity contribution in [2.24, 2.45) is 0 Å². The first-order valence-electron chi connectivity index (χ1n) is 7.90. The Hall–Kier alpha value is -2.71. The number of nitro groups is 1. The predicted molar refractivity (Wildman–Crippen MR) is 102 cm³/mol. The Bertz CT molecular complexity index is 1080. The van der Waals surface area contributed by atoms with E-state index in [0.29, 0.717) is 10.6 Å². The summed E-state index contributed by atoms with van der Waals surface area (Å²) in [5, 5.41) is 14.5. The van der Waals surface area contributed by atoms with E-state index < -0.39 is 10.8 Å². The molecule has 0 atom stereocenters. The number of nitrogens with two attached hydrogens (primary N) is 1. The molecular weight excluding hydrogens is 376 g/mol. The maximum atomic E-state index is 12.7. The third kappa shape index (κ3) is 2.77. The van der Waals surface area contributed by atoms with Gasteiger partial charge in [-0.05, 0) is 37.0 Å². The fraction of sp³-hybridized carbons (Fsp3) is 0.176. The number of pyridine rings is 1. The van der Waals surface area contributed by atoms with Gasteiger partial charge in [0, 0.05) is 23.2 Å². The average molecular weight is 389 g/mol. The Morgan fingerprint density at radius 2 is 2.15 bits per heavy atom. The van der Waals surface area contributed by atoms with Crippen molar-refractivity contribution in [2.45, 2.75) is 19.3 Å². The molecule has 0 fully saturated rings. The number of nitrogen functional groups attached to an aromatic ring is 1. The molecule has 0 radical (unpaired) electrons. The summed E-state index contributed by atoms with van der Waals surface area (Å²) in [7, 11) is 0. The van der Waals surface area contributed by atoms with Crippen molar-refractivity contribution in [2.75, 3.05) is 11.1 Å². The molecule has 1 aliphatic carbocycles. The van der Waals surface area contributed by atoms with Crippen molar-refractivity contribution in [3.8, 4) is 0 Å². The molecule has 26 heavy (non-hydrogen) atoms. The first-order chi connectivity index (χ1) is 12.4. The van der Waals surface area contributed by atoms with E-state index >= 15 is 0 Å². The van der Waals surface area contributed by atoms with Gasteiger partial charge in [-0.2, -0.15) is 0 Å². The Balaban J connectivity index is 1.70. The van der Waals surface area contributed by atoms with Crippen LogP contribution in [0.25, 0.3) is 10.2 Å². The Kier molecular flexibility index (Phi) is 4.01. The Morgan fingerprint density at radius 3 is 2.92 bits per heavy atom. The summed E-state index contributed by atoms with van der Waals surface area (Å²) >= 11 is 7.25. The molecule has 2 aromatic heterocycles. The molecule has 3 N–H and O–H groups in total. The smallest absolute Gasteiger partial charge is 0.271 e. The highest BCUT2D eigenvalue weighted by atomic mass is 35.5. The standard InChI is InChI=1S/C17H13ClN4O3S/c18-11-5-4-9(22(24)25)7-13(11)20-16(23)15-14(19)10-6-8-2-1-3-12(8)21-17(10)26-15/h4-7H,1-3,19H2,(H,20,23). The fourth-order valence-electron chi connectivity index (χ4n) is 3.07. The maximum absolute atomic E-state index is 12.7. The molecule has 132 valence electrons. The van der Waals surface area contributed by atoms with Crippen molar-refractivity contribution < 1.29 is 9.72 Å². The maximum Gasteiger partial charge on any atom is 0.271 e. The topological polar surface area (TPSA) is 111 Å². The normalized spacial score (nSPS) is 13.0. The molecule has 1 amide bonds. The molecule has 0 saturated heterocycles. The van der Waals surface area contributed by atoms with Gasteiger partial charge in [-0.1, -0.05) is 11.6 Å². The van der Waals surface area contributed by atoms with Gasteiger partial charge < -0.3 is 11.1 Å². The number of benzene rings is 1. The number of fused-ring (bicyclic) bond motifs is 2. The summed E-state index contributed by atoms with van der Waals surface area (Å²) in [5.74, 6) is -0.465. The van der Waals surface area contributed by atoms with E-state index in [9.17, 15) is 14.9 Å². The van der Waals surface area contributed by atoms with Crippen LogP contribution in [0.1, 0.15) is 27.3 Å². The number of nitrogens with one attached hydrogen (secondary N) is 1. The van der Waals surface area contributed by atoms with E-state index in [0.717, 1.165) is 35.2 Å². The molecule has 1 aliphatic rings. The van der Waals surface area contributed by atoms with Crippen LogP contribution in [-0.2, 0) is 12.8 Å². The largest absolute Gasteiger partial charge is 0.397 e. The number of rotatable bonds is 3. The number of anilines is 2. The van der Waals surface area contributed by atoms with Crippen LogP contribution in [0, 0.1) is 10.1 Å². The number of aromatic nitrogens is 1. The average Bonchev–Trinajstić information content (AvgIpc) is 3.19. The van der Waals surface area contributed by atoms with Gasteiger partial charge in [-0.3, -0.25) is 14.9 Å². The first kappa shape index (κ1) is 16.7. The molecule has 0 spiro atoms. The number of nitrogens with zero attached hydrogens (tertiary/aromatic N) is 2. The van der Waals surface area contributed by atoms with Crippen molar-refractivity contribution in [1.82, 2.24) is 4.98 Å². The number of nitro benzene ring substituents is 1. The zero-order chi connectivity index (χ0) is 18.4. The number of thiophene rings is 1. The van der Waals surface area contributed by atoms with Gasteiger partial charge in [0.05, 0.1) is 21.3 Å². The van der Waals surface area contributed by atoms with Gasteiger partial charge >= 0.3 is 0 Å². The predicted octanol–water partition coefficient (Wildman–Crippen LogP) is 4.18. The van der Waals surface area contributed by atoms with Crippen molar-refractivity contribution >= 4 is 56.1 Å². The zero-order valence-electron chi connectivity index (χ0n) is 13.4. The summed E-state index contributed by atoms with van der Waals surface area (Å²) in [6, 6.07) is 5.87. The van der Waals surface area contributed by atoms with Crippen molar-refractivity contribution in [1.29, 1.82) is 0 Å². The third-order valence-corrected chi connectivity index (χ3v) is 5.81. The molecule has 0 bridgehead atoms. The monoisotopic (exact) mass is 388 g/mol. The molecule has 0 unspecified atom stereocenters. The van der Waals surface area contributed by atoms with Gasteiger partial charge in [-0.15, -0.1) is 11.3 Å². The first-order valence-corrected chi connectivity index (χ1v) is 9.09. The van der Waals surface area contributed by atoms with Gasteiger partial charge in [0.2, 0.25) is 0 Å². The summed E-state index contributed by atoms with van der Waals surface area (Å²) in [5.41, 5.74) is 8.78. The van der Waals surface area contributed by atoms with Crippen LogP contribution < -0.4 is 11.1 Å². The van der Waals surface area contributed by atoms with E-state index in [-0.39, 0.29) is 16.4 Å². The van der Waals surface area contributed by atoms with E-state index in [1.54, 1.807) is 0 Å². The number of aryl methyl sites for hydroxylation is 2. The van der Waals surface area contributed by atoms with Crippen LogP contribution in [0.2, 0.25) is 5.02 Å². The minimum absolute atomic E-state index is 0.160. The molecule has 3 aromatic rings. The van der Waals surface area contributed by atoms with E-state index in [4.69, 9.17) is 17.3 Å². The SMILES string of the molecule is Nc1c(C(=O)Nc2cc([N+](=O)[O-])ccc2Cl)sc2nc3c(cc12)CCC3. The van der Waals surface area contributed by atoms with Crippen LogP contribution in [0.15, 0.2) is 24.3 Å². The van der Waals surface area contributed by atoms with Crippen LogP contribution in [0.4, 0.5) is 17.1 Å². The minimum atomic E-state index is -0.550. The molecule has 4 rings (SSSR count).